The molecule has 3 rings (SSSR count). The molecule has 3 N–H and O–H groups in total. The van der Waals surface area contributed by atoms with Gasteiger partial charge in [0.2, 0.25) is 5.91 Å². The molecule has 164 valence electrons. The fourth-order valence-corrected chi connectivity index (χ4v) is 4.21. The van der Waals surface area contributed by atoms with Crippen molar-refractivity contribution in [2.24, 2.45) is 0 Å². The van der Waals surface area contributed by atoms with Crippen LogP contribution in [0, 0.1) is 20.8 Å². The van der Waals surface area contributed by atoms with E-state index in [0.29, 0.717) is 11.4 Å². The molecule has 2 atom stereocenters. The van der Waals surface area contributed by atoms with Crippen LogP contribution in [0.5, 0.6) is 0 Å². The summed E-state index contributed by atoms with van der Waals surface area (Å²) in [6, 6.07) is 11.1. The van der Waals surface area contributed by atoms with Crippen molar-refractivity contribution in [1.82, 2.24) is 0 Å². The van der Waals surface area contributed by atoms with E-state index in [2.05, 4.69) is 10.6 Å². The van der Waals surface area contributed by atoms with Crippen molar-refractivity contribution in [2.45, 2.75) is 40.2 Å². The standard InChI is InChI=1S/C24H30N4O3/c1-15-10-16(2)24(17(3)11-15)26-22(30)13-27(5)14-23(31)28-18(4)12-21(29)25-19-8-6-7-9-20(19)28/h6-11,18H,12-14H2,1-5H3,(H,25,29)(H,26,30)/p+1/t18-/m0/s1. The SMILES string of the molecule is Cc1cc(C)c(NC(=O)C[NH+](C)CC(=O)N2c3ccccc3NC(=O)C[C@@H]2C)c(C)c1. The fourth-order valence-electron chi connectivity index (χ4n) is 4.21. The largest absolute Gasteiger partial charge is 0.324 e. The highest BCUT2D eigenvalue weighted by Gasteiger charge is 2.31. The van der Waals surface area contributed by atoms with Gasteiger partial charge in [-0.05, 0) is 51.0 Å². The Hall–Kier alpha value is -3.19. The molecule has 31 heavy (non-hydrogen) atoms. The number of quaternary nitrogens is 1. The number of aryl methyl sites for hydroxylation is 3. The summed E-state index contributed by atoms with van der Waals surface area (Å²) < 4.78 is 0. The lowest BCUT2D eigenvalue weighted by molar-refractivity contribution is -0.862. The Kier molecular flexibility index (Phi) is 6.75. The summed E-state index contributed by atoms with van der Waals surface area (Å²) in [6.07, 6.45) is 0.228. The zero-order valence-corrected chi connectivity index (χ0v) is 18.8. The molecule has 0 saturated carbocycles. The van der Waals surface area contributed by atoms with Crippen LogP contribution in [0.15, 0.2) is 36.4 Å². The van der Waals surface area contributed by atoms with Crippen molar-refractivity contribution < 1.29 is 19.3 Å². The second-order valence-corrected chi connectivity index (χ2v) is 8.51. The van der Waals surface area contributed by atoms with E-state index >= 15 is 0 Å². The van der Waals surface area contributed by atoms with Gasteiger partial charge in [0.25, 0.3) is 11.8 Å². The minimum atomic E-state index is -0.268. The first kappa shape index (κ1) is 22.5. The molecule has 0 aromatic heterocycles. The van der Waals surface area contributed by atoms with Crippen LogP contribution in [0.3, 0.4) is 0 Å². The van der Waals surface area contributed by atoms with E-state index in [-0.39, 0.29) is 43.3 Å². The number of fused-ring (bicyclic) bond motifs is 1. The molecule has 1 aliphatic heterocycles. The molecule has 0 saturated heterocycles. The predicted molar refractivity (Wildman–Crippen MR) is 123 cm³/mol. The maximum absolute atomic E-state index is 13.2. The first-order valence-corrected chi connectivity index (χ1v) is 10.6. The van der Waals surface area contributed by atoms with E-state index in [1.807, 2.05) is 65.1 Å². The number of benzene rings is 2. The number of hydrogen-bond donors (Lipinski definition) is 3. The van der Waals surface area contributed by atoms with Crippen molar-refractivity contribution >= 4 is 34.8 Å². The summed E-state index contributed by atoms with van der Waals surface area (Å²) in [6.45, 7) is 8.16. The number of amides is 3. The Balaban J connectivity index is 1.68. The van der Waals surface area contributed by atoms with Gasteiger partial charge in [-0.15, -0.1) is 0 Å². The van der Waals surface area contributed by atoms with E-state index in [9.17, 15) is 14.4 Å². The van der Waals surface area contributed by atoms with Gasteiger partial charge < -0.3 is 20.4 Å². The van der Waals surface area contributed by atoms with Gasteiger partial charge >= 0.3 is 0 Å². The Morgan fingerprint density at radius 3 is 2.45 bits per heavy atom. The summed E-state index contributed by atoms with van der Waals surface area (Å²) in [4.78, 5) is 40.4. The molecular formula is C24H31N4O3+. The smallest absolute Gasteiger partial charge is 0.282 e. The number of para-hydroxylation sites is 2. The monoisotopic (exact) mass is 423 g/mol. The van der Waals surface area contributed by atoms with Gasteiger partial charge in [0.15, 0.2) is 13.1 Å². The van der Waals surface area contributed by atoms with E-state index < -0.39 is 0 Å². The van der Waals surface area contributed by atoms with Crippen LogP contribution in [-0.2, 0) is 14.4 Å². The zero-order chi connectivity index (χ0) is 22.7. The van der Waals surface area contributed by atoms with Crippen LogP contribution in [0.25, 0.3) is 0 Å². The molecule has 2 aromatic rings. The van der Waals surface area contributed by atoms with Gasteiger partial charge in [-0.25, -0.2) is 0 Å². The summed E-state index contributed by atoms with van der Waals surface area (Å²) >= 11 is 0. The molecule has 0 fully saturated rings. The number of carbonyl (C=O) groups is 3. The summed E-state index contributed by atoms with van der Waals surface area (Å²) in [5, 5.41) is 5.85. The quantitative estimate of drug-likeness (QED) is 0.686. The lowest BCUT2D eigenvalue weighted by Gasteiger charge is -2.28. The average Bonchev–Trinajstić information content (AvgIpc) is 2.78. The number of carbonyl (C=O) groups excluding carboxylic acids is 3. The summed E-state index contributed by atoms with van der Waals surface area (Å²) in [5.74, 6) is -0.370. The van der Waals surface area contributed by atoms with Gasteiger partial charge in [0, 0.05) is 18.2 Å². The maximum atomic E-state index is 13.2. The number of rotatable bonds is 5. The third-order valence-corrected chi connectivity index (χ3v) is 5.48. The number of anilines is 3. The molecule has 1 heterocycles. The number of likely N-dealkylation sites (N-methyl/N-ethyl adjacent to an activating group) is 1. The predicted octanol–water partition coefficient (Wildman–Crippen LogP) is 1.83. The minimum Gasteiger partial charge on any atom is -0.324 e. The first-order chi connectivity index (χ1) is 14.7. The topological polar surface area (TPSA) is 82.9 Å². The number of nitrogens with zero attached hydrogens (tertiary/aromatic N) is 1. The zero-order valence-electron chi connectivity index (χ0n) is 18.8. The minimum absolute atomic E-state index is 0.112. The van der Waals surface area contributed by atoms with Gasteiger partial charge in [0.05, 0.1) is 18.4 Å². The molecule has 1 aliphatic rings. The van der Waals surface area contributed by atoms with Crippen molar-refractivity contribution in [3.63, 3.8) is 0 Å². The van der Waals surface area contributed by atoms with Gasteiger partial charge in [-0.1, -0.05) is 29.8 Å². The second kappa shape index (κ2) is 9.31. The van der Waals surface area contributed by atoms with Gasteiger partial charge in [-0.2, -0.15) is 0 Å². The lowest BCUT2D eigenvalue weighted by atomic mass is 10.1. The molecule has 2 aromatic carbocycles. The number of nitrogens with one attached hydrogen (secondary N) is 3. The van der Waals surface area contributed by atoms with Crippen molar-refractivity contribution in [3.8, 4) is 0 Å². The lowest BCUT2D eigenvalue weighted by Crippen LogP contribution is -3.11. The highest BCUT2D eigenvalue weighted by atomic mass is 16.2. The molecule has 0 aliphatic carbocycles. The van der Waals surface area contributed by atoms with E-state index in [1.54, 1.807) is 11.0 Å². The van der Waals surface area contributed by atoms with Gasteiger partial charge in [0.1, 0.15) is 0 Å². The molecule has 7 nitrogen and oxygen atoms in total. The Labute approximate surface area is 183 Å². The van der Waals surface area contributed by atoms with Crippen LogP contribution in [0.4, 0.5) is 17.1 Å². The average molecular weight is 424 g/mol. The summed E-state index contributed by atoms with van der Waals surface area (Å²) in [5.41, 5.74) is 5.34. The molecular weight excluding hydrogens is 392 g/mol. The normalized spacial score (nSPS) is 16.7. The molecule has 0 radical (unpaired) electrons. The van der Waals surface area contributed by atoms with E-state index in [4.69, 9.17) is 0 Å². The second-order valence-electron chi connectivity index (χ2n) is 8.51. The van der Waals surface area contributed by atoms with Crippen LogP contribution in [-0.4, -0.2) is 43.9 Å². The Bertz CT molecular complexity index is 995. The first-order valence-electron chi connectivity index (χ1n) is 10.6. The third kappa shape index (κ3) is 5.30. The van der Waals surface area contributed by atoms with Crippen molar-refractivity contribution in [3.05, 3.63) is 53.1 Å². The molecule has 7 heteroatoms. The van der Waals surface area contributed by atoms with Gasteiger partial charge in [-0.3, -0.25) is 14.4 Å². The fraction of sp³-hybridized carbons (Fsp3) is 0.375. The highest BCUT2D eigenvalue weighted by Crippen LogP contribution is 2.31. The van der Waals surface area contributed by atoms with E-state index in [0.717, 1.165) is 27.3 Å². The van der Waals surface area contributed by atoms with Crippen LogP contribution in [0.2, 0.25) is 0 Å². The van der Waals surface area contributed by atoms with E-state index in [1.165, 1.54) is 0 Å². The van der Waals surface area contributed by atoms with Crippen LogP contribution < -0.4 is 20.4 Å². The Morgan fingerprint density at radius 2 is 1.77 bits per heavy atom. The van der Waals surface area contributed by atoms with Crippen LogP contribution in [0.1, 0.15) is 30.0 Å². The maximum Gasteiger partial charge on any atom is 0.282 e. The van der Waals surface area contributed by atoms with Crippen LogP contribution >= 0.6 is 0 Å². The molecule has 1 unspecified atom stereocenters. The number of hydrogen-bond acceptors (Lipinski definition) is 3. The Morgan fingerprint density at radius 1 is 1.13 bits per heavy atom. The summed E-state index contributed by atoms with van der Waals surface area (Å²) in [7, 11) is 1.82. The molecule has 0 bridgehead atoms. The third-order valence-electron chi connectivity index (χ3n) is 5.48. The molecule has 3 amide bonds. The highest BCUT2D eigenvalue weighted by molar-refractivity contribution is 6.04. The van der Waals surface area contributed by atoms with Crippen molar-refractivity contribution in [2.75, 3.05) is 35.7 Å². The molecule has 0 spiro atoms. The van der Waals surface area contributed by atoms with Crippen molar-refractivity contribution in [1.29, 1.82) is 0 Å².